The van der Waals surface area contributed by atoms with Gasteiger partial charge in [0.05, 0.1) is 22.5 Å². The van der Waals surface area contributed by atoms with Gasteiger partial charge in [0.25, 0.3) is 0 Å². The standard InChI is InChI=1S/C14H16Cl2N2O/c1-3-11-14(16)12(18(2)17-11)8-13(19)9-4-6-10(15)7-5-9/h4-7,13,19H,3,8H2,1-2H3. The van der Waals surface area contributed by atoms with Gasteiger partial charge in [-0.2, -0.15) is 5.10 Å². The highest BCUT2D eigenvalue weighted by Gasteiger charge is 2.17. The number of aliphatic hydroxyl groups excluding tert-OH is 1. The Hall–Kier alpha value is -1.03. The number of hydrogen-bond donors (Lipinski definition) is 1. The maximum atomic E-state index is 10.3. The van der Waals surface area contributed by atoms with E-state index >= 15 is 0 Å². The lowest BCUT2D eigenvalue weighted by Crippen LogP contribution is -2.06. The molecular formula is C14H16Cl2N2O. The zero-order valence-electron chi connectivity index (χ0n) is 10.9. The van der Waals surface area contributed by atoms with Crippen LogP contribution in [0.3, 0.4) is 0 Å². The van der Waals surface area contributed by atoms with E-state index in [2.05, 4.69) is 5.10 Å². The van der Waals surface area contributed by atoms with Crippen molar-refractivity contribution >= 4 is 23.2 Å². The van der Waals surface area contributed by atoms with Gasteiger partial charge in [0.15, 0.2) is 0 Å². The Bertz CT molecular complexity index is 564. The second kappa shape index (κ2) is 5.95. The molecule has 0 saturated carbocycles. The molecule has 1 heterocycles. The maximum absolute atomic E-state index is 10.3. The summed E-state index contributed by atoms with van der Waals surface area (Å²) < 4.78 is 1.74. The Morgan fingerprint density at radius 2 is 1.89 bits per heavy atom. The van der Waals surface area contributed by atoms with E-state index in [4.69, 9.17) is 23.2 Å². The van der Waals surface area contributed by atoms with Crippen molar-refractivity contribution < 1.29 is 5.11 Å². The molecule has 0 aliphatic heterocycles. The molecule has 0 fully saturated rings. The number of halogens is 2. The summed E-state index contributed by atoms with van der Waals surface area (Å²) in [5.41, 5.74) is 2.53. The highest BCUT2D eigenvalue weighted by atomic mass is 35.5. The molecule has 0 aliphatic rings. The fourth-order valence-electron chi connectivity index (χ4n) is 2.03. The molecule has 19 heavy (non-hydrogen) atoms. The molecule has 1 aromatic heterocycles. The summed E-state index contributed by atoms with van der Waals surface area (Å²) in [6.07, 6.45) is 0.600. The quantitative estimate of drug-likeness (QED) is 0.937. The minimum Gasteiger partial charge on any atom is -0.388 e. The third-order valence-corrected chi connectivity index (χ3v) is 3.83. The minimum absolute atomic E-state index is 0.434. The lowest BCUT2D eigenvalue weighted by Gasteiger charge is -2.11. The van der Waals surface area contributed by atoms with Crippen LogP contribution in [0, 0.1) is 0 Å². The molecule has 102 valence electrons. The summed E-state index contributed by atoms with van der Waals surface area (Å²) in [6.45, 7) is 2.01. The van der Waals surface area contributed by atoms with Gasteiger partial charge in [-0.25, -0.2) is 0 Å². The van der Waals surface area contributed by atoms with Crippen molar-refractivity contribution in [3.05, 3.63) is 51.3 Å². The first-order valence-corrected chi connectivity index (χ1v) is 6.92. The minimum atomic E-state index is -0.616. The first kappa shape index (κ1) is 14.4. The summed E-state index contributed by atoms with van der Waals surface area (Å²) in [5, 5.41) is 15.9. The van der Waals surface area contributed by atoms with Gasteiger partial charge >= 0.3 is 0 Å². The van der Waals surface area contributed by atoms with Gasteiger partial charge in [0, 0.05) is 18.5 Å². The molecular weight excluding hydrogens is 283 g/mol. The lowest BCUT2D eigenvalue weighted by atomic mass is 10.0. The highest BCUT2D eigenvalue weighted by Crippen LogP contribution is 2.26. The third kappa shape index (κ3) is 3.11. The number of rotatable bonds is 4. The Morgan fingerprint density at radius 3 is 2.42 bits per heavy atom. The van der Waals surface area contributed by atoms with Gasteiger partial charge in [0.2, 0.25) is 0 Å². The number of aromatic nitrogens is 2. The van der Waals surface area contributed by atoms with E-state index in [-0.39, 0.29) is 0 Å². The van der Waals surface area contributed by atoms with Crippen LogP contribution >= 0.6 is 23.2 Å². The van der Waals surface area contributed by atoms with Gasteiger partial charge in [-0.15, -0.1) is 0 Å². The van der Waals surface area contributed by atoms with E-state index in [1.807, 2.05) is 26.1 Å². The van der Waals surface area contributed by atoms with Gasteiger partial charge in [-0.3, -0.25) is 4.68 Å². The van der Waals surface area contributed by atoms with E-state index in [9.17, 15) is 5.11 Å². The average Bonchev–Trinajstić information content (AvgIpc) is 2.67. The monoisotopic (exact) mass is 298 g/mol. The first-order valence-electron chi connectivity index (χ1n) is 6.16. The number of nitrogens with zero attached hydrogens (tertiary/aromatic N) is 2. The van der Waals surface area contributed by atoms with Gasteiger partial charge in [-0.1, -0.05) is 42.3 Å². The van der Waals surface area contributed by atoms with Crippen LogP contribution in [0.2, 0.25) is 10.0 Å². The average molecular weight is 299 g/mol. The second-order valence-corrected chi connectivity index (χ2v) is 5.27. The van der Waals surface area contributed by atoms with Crippen molar-refractivity contribution in [3.63, 3.8) is 0 Å². The molecule has 2 aromatic rings. The highest BCUT2D eigenvalue weighted by molar-refractivity contribution is 6.32. The van der Waals surface area contributed by atoms with Crippen molar-refractivity contribution in [2.45, 2.75) is 25.9 Å². The summed E-state index contributed by atoms with van der Waals surface area (Å²) in [7, 11) is 1.84. The van der Waals surface area contributed by atoms with Crippen molar-refractivity contribution in [1.29, 1.82) is 0 Å². The molecule has 0 aliphatic carbocycles. The molecule has 3 nitrogen and oxygen atoms in total. The van der Waals surface area contributed by atoms with Crippen molar-refractivity contribution in [1.82, 2.24) is 9.78 Å². The van der Waals surface area contributed by atoms with Crippen LogP contribution in [-0.4, -0.2) is 14.9 Å². The zero-order chi connectivity index (χ0) is 14.0. The number of hydrogen-bond acceptors (Lipinski definition) is 2. The molecule has 5 heteroatoms. The smallest absolute Gasteiger partial charge is 0.0850 e. The molecule has 1 atom stereocenters. The van der Waals surface area contributed by atoms with E-state index in [0.29, 0.717) is 16.5 Å². The predicted octanol–water partition coefficient (Wildman–Crippen LogP) is 3.57. The van der Waals surface area contributed by atoms with Gasteiger partial charge in [-0.05, 0) is 24.1 Å². The predicted molar refractivity (Wildman–Crippen MR) is 77.7 cm³/mol. The maximum Gasteiger partial charge on any atom is 0.0850 e. The summed E-state index contributed by atoms with van der Waals surface area (Å²) in [4.78, 5) is 0. The van der Waals surface area contributed by atoms with E-state index in [1.165, 1.54) is 0 Å². The topological polar surface area (TPSA) is 38.0 Å². The summed E-state index contributed by atoms with van der Waals surface area (Å²) >= 11 is 12.1. The van der Waals surface area contributed by atoms with Crippen molar-refractivity contribution in [2.24, 2.45) is 7.05 Å². The fourth-order valence-corrected chi connectivity index (χ4v) is 2.52. The zero-order valence-corrected chi connectivity index (χ0v) is 12.4. The molecule has 1 N–H and O–H groups in total. The van der Waals surface area contributed by atoms with Crippen LogP contribution in [0.15, 0.2) is 24.3 Å². The van der Waals surface area contributed by atoms with Crippen LogP contribution in [0.25, 0.3) is 0 Å². The fraction of sp³-hybridized carbons (Fsp3) is 0.357. The van der Waals surface area contributed by atoms with Crippen LogP contribution in [0.4, 0.5) is 0 Å². The molecule has 0 radical (unpaired) electrons. The molecule has 1 aromatic carbocycles. The lowest BCUT2D eigenvalue weighted by molar-refractivity contribution is 0.176. The summed E-state index contributed by atoms with van der Waals surface area (Å²) in [5.74, 6) is 0. The van der Waals surface area contributed by atoms with E-state index in [1.54, 1.807) is 16.8 Å². The van der Waals surface area contributed by atoms with Crippen molar-refractivity contribution in [3.8, 4) is 0 Å². The Balaban J connectivity index is 2.21. The molecule has 0 amide bonds. The van der Waals surface area contributed by atoms with Gasteiger partial charge < -0.3 is 5.11 Å². The number of aryl methyl sites for hydroxylation is 2. The van der Waals surface area contributed by atoms with Crippen LogP contribution in [-0.2, 0) is 19.9 Å². The SMILES string of the molecule is CCc1nn(C)c(CC(O)c2ccc(Cl)cc2)c1Cl. The van der Waals surface area contributed by atoms with E-state index in [0.717, 1.165) is 23.4 Å². The van der Waals surface area contributed by atoms with Crippen molar-refractivity contribution in [2.75, 3.05) is 0 Å². The molecule has 2 rings (SSSR count). The Morgan fingerprint density at radius 1 is 1.26 bits per heavy atom. The number of aliphatic hydroxyl groups is 1. The Labute approximate surface area is 122 Å². The number of benzene rings is 1. The largest absolute Gasteiger partial charge is 0.388 e. The molecule has 0 bridgehead atoms. The Kier molecular flexibility index (Phi) is 4.50. The summed E-state index contributed by atoms with van der Waals surface area (Å²) in [6, 6.07) is 7.17. The first-order chi connectivity index (χ1) is 9.02. The van der Waals surface area contributed by atoms with E-state index < -0.39 is 6.10 Å². The van der Waals surface area contributed by atoms with Gasteiger partial charge in [0.1, 0.15) is 0 Å². The van der Waals surface area contributed by atoms with Crippen LogP contribution in [0.5, 0.6) is 0 Å². The third-order valence-electron chi connectivity index (χ3n) is 3.14. The molecule has 0 spiro atoms. The normalized spacial score (nSPS) is 12.7. The molecule has 0 saturated heterocycles. The van der Waals surface area contributed by atoms with Crippen LogP contribution in [0.1, 0.15) is 30.0 Å². The van der Waals surface area contributed by atoms with Crippen LogP contribution < -0.4 is 0 Å². The second-order valence-electron chi connectivity index (χ2n) is 4.46. The molecule has 1 unspecified atom stereocenters.